The van der Waals surface area contributed by atoms with Gasteiger partial charge >= 0.3 is 5.97 Å². The van der Waals surface area contributed by atoms with Crippen LogP contribution in [0.15, 0.2) is 54.6 Å². The van der Waals surface area contributed by atoms with Gasteiger partial charge in [0.15, 0.2) is 6.10 Å². The molecule has 0 spiro atoms. The maximum absolute atomic E-state index is 12.2. The van der Waals surface area contributed by atoms with Crippen LogP contribution in [0, 0.1) is 0 Å². The average molecular weight is 431 g/mol. The molecule has 6 nitrogen and oxygen atoms in total. The first-order valence-corrected chi connectivity index (χ1v) is 10.3. The summed E-state index contributed by atoms with van der Waals surface area (Å²) in [6.07, 6.45) is -0.347. The predicted octanol–water partition coefficient (Wildman–Crippen LogP) is 3.70. The summed E-state index contributed by atoms with van der Waals surface area (Å²) < 4.78 is 5.18. The molecule has 0 aliphatic rings. The lowest BCUT2D eigenvalue weighted by molar-refractivity contribution is -0.154. The molecule has 0 aromatic heterocycles. The third kappa shape index (κ3) is 7.87. The van der Waals surface area contributed by atoms with Crippen LogP contribution in [0.25, 0.3) is 0 Å². The Morgan fingerprint density at radius 3 is 2.30 bits per heavy atom. The van der Waals surface area contributed by atoms with E-state index in [2.05, 4.69) is 10.6 Å². The number of halogens is 1. The number of amides is 2. The molecule has 0 aliphatic carbocycles. The van der Waals surface area contributed by atoms with E-state index in [4.69, 9.17) is 16.3 Å². The van der Waals surface area contributed by atoms with E-state index in [9.17, 15) is 14.4 Å². The van der Waals surface area contributed by atoms with E-state index in [0.29, 0.717) is 30.1 Å². The van der Waals surface area contributed by atoms with Crippen molar-refractivity contribution >= 4 is 29.4 Å². The summed E-state index contributed by atoms with van der Waals surface area (Å²) in [7, 11) is 0. The van der Waals surface area contributed by atoms with Crippen molar-refractivity contribution in [3.05, 3.63) is 70.7 Å². The third-order valence-electron chi connectivity index (χ3n) is 4.58. The highest BCUT2D eigenvalue weighted by atomic mass is 35.5. The van der Waals surface area contributed by atoms with E-state index in [0.717, 1.165) is 5.56 Å². The van der Waals surface area contributed by atoms with Gasteiger partial charge in [-0.1, -0.05) is 48.9 Å². The monoisotopic (exact) mass is 430 g/mol. The van der Waals surface area contributed by atoms with Crippen molar-refractivity contribution < 1.29 is 19.1 Å². The third-order valence-corrected chi connectivity index (χ3v) is 4.83. The van der Waals surface area contributed by atoms with Gasteiger partial charge in [0, 0.05) is 30.1 Å². The van der Waals surface area contributed by atoms with E-state index in [1.54, 1.807) is 31.2 Å². The lowest BCUT2D eigenvalue weighted by Gasteiger charge is -2.16. The molecule has 0 fully saturated rings. The maximum atomic E-state index is 12.2. The van der Waals surface area contributed by atoms with Gasteiger partial charge in [0.25, 0.3) is 11.8 Å². The van der Waals surface area contributed by atoms with Gasteiger partial charge < -0.3 is 15.4 Å². The van der Waals surface area contributed by atoms with Gasteiger partial charge in [0.1, 0.15) is 0 Å². The average Bonchev–Trinajstić information content (AvgIpc) is 2.75. The van der Waals surface area contributed by atoms with Crippen LogP contribution in [0.2, 0.25) is 5.02 Å². The standard InChI is InChI=1S/C23H27ClN2O4/c1-16(18-7-4-3-5-8-18)15-26-22(28)17(2)30-21(27)9-6-14-25-23(29)19-10-12-20(24)13-11-19/h3-5,7-8,10-13,16-17H,6,9,14-15H2,1-2H3,(H,25,29)(H,26,28). The molecule has 0 bridgehead atoms. The maximum Gasteiger partial charge on any atom is 0.306 e. The predicted molar refractivity (Wildman–Crippen MR) is 116 cm³/mol. The highest BCUT2D eigenvalue weighted by molar-refractivity contribution is 6.30. The van der Waals surface area contributed by atoms with E-state index in [1.807, 2.05) is 37.3 Å². The van der Waals surface area contributed by atoms with Gasteiger partial charge in [0.2, 0.25) is 0 Å². The van der Waals surface area contributed by atoms with Crippen LogP contribution < -0.4 is 10.6 Å². The fraction of sp³-hybridized carbons (Fsp3) is 0.348. The second kappa shape index (κ2) is 12.0. The Labute approximate surface area is 182 Å². The number of hydrogen-bond acceptors (Lipinski definition) is 4. The normalized spacial score (nSPS) is 12.5. The summed E-state index contributed by atoms with van der Waals surface area (Å²) in [5.74, 6) is -0.890. The number of carbonyl (C=O) groups excluding carboxylic acids is 3. The Hall–Kier alpha value is -2.86. The number of nitrogens with one attached hydrogen (secondary N) is 2. The Morgan fingerprint density at radius 1 is 0.967 bits per heavy atom. The molecular weight excluding hydrogens is 404 g/mol. The quantitative estimate of drug-likeness (QED) is 0.444. The van der Waals surface area contributed by atoms with Crippen LogP contribution in [0.5, 0.6) is 0 Å². The summed E-state index contributed by atoms with van der Waals surface area (Å²) in [5, 5.41) is 6.09. The zero-order valence-electron chi connectivity index (χ0n) is 17.2. The molecule has 2 unspecified atom stereocenters. The summed E-state index contributed by atoms with van der Waals surface area (Å²) in [6, 6.07) is 16.4. The van der Waals surface area contributed by atoms with E-state index in [-0.39, 0.29) is 24.2 Å². The molecule has 7 heteroatoms. The Balaban J connectivity index is 1.63. The summed E-state index contributed by atoms with van der Waals surface area (Å²) >= 11 is 5.79. The molecule has 0 aliphatic heterocycles. The van der Waals surface area contributed by atoms with Crippen LogP contribution in [0.3, 0.4) is 0 Å². The zero-order chi connectivity index (χ0) is 21.9. The fourth-order valence-electron chi connectivity index (χ4n) is 2.74. The van der Waals surface area contributed by atoms with Crippen molar-refractivity contribution in [2.75, 3.05) is 13.1 Å². The van der Waals surface area contributed by atoms with Gasteiger partial charge in [0.05, 0.1) is 0 Å². The smallest absolute Gasteiger partial charge is 0.306 e. The lowest BCUT2D eigenvalue weighted by Crippen LogP contribution is -2.37. The highest BCUT2D eigenvalue weighted by Gasteiger charge is 2.18. The Morgan fingerprint density at radius 2 is 1.63 bits per heavy atom. The Bertz CT molecular complexity index is 840. The molecule has 2 amide bonds. The SMILES string of the molecule is CC(OC(=O)CCCNC(=O)c1ccc(Cl)cc1)C(=O)NCC(C)c1ccccc1. The number of benzene rings is 2. The van der Waals surface area contributed by atoms with Crippen molar-refractivity contribution in [1.29, 1.82) is 0 Å². The second-order valence-electron chi connectivity index (χ2n) is 7.06. The second-order valence-corrected chi connectivity index (χ2v) is 7.49. The molecule has 0 saturated heterocycles. The zero-order valence-corrected chi connectivity index (χ0v) is 17.9. The molecule has 2 atom stereocenters. The van der Waals surface area contributed by atoms with Crippen molar-refractivity contribution in [3.63, 3.8) is 0 Å². The van der Waals surface area contributed by atoms with Crippen LogP contribution in [0.4, 0.5) is 0 Å². The van der Waals surface area contributed by atoms with Gasteiger partial charge in [-0.3, -0.25) is 14.4 Å². The van der Waals surface area contributed by atoms with Gasteiger partial charge in [-0.2, -0.15) is 0 Å². The summed E-state index contributed by atoms with van der Waals surface area (Å²) in [6.45, 7) is 4.35. The molecule has 2 aromatic carbocycles. The number of ether oxygens (including phenoxy) is 1. The van der Waals surface area contributed by atoms with E-state index in [1.165, 1.54) is 0 Å². The molecule has 0 radical (unpaired) electrons. The fourth-order valence-corrected chi connectivity index (χ4v) is 2.87. The molecule has 0 saturated carbocycles. The van der Waals surface area contributed by atoms with Crippen molar-refractivity contribution in [2.24, 2.45) is 0 Å². The highest BCUT2D eigenvalue weighted by Crippen LogP contribution is 2.13. The van der Waals surface area contributed by atoms with Crippen LogP contribution in [0.1, 0.15) is 48.5 Å². The first kappa shape index (κ1) is 23.4. The Kier molecular flexibility index (Phi) is 9.35. The molecule has 0 heterocycles. The minimum Gasteiger partial charge on any atom is -0.453 e. The van der Waals surface area contributed by atoms with E-state index >= 15 is 0 Å². The molecule has 2 aromatic rings. The topological polar surface area (TPSA) is 84.5 Å². The molecule has 2 N–H and O–H groups in total. The molecular formula is C23H27ClN2O4. The van der Waals surface area contributed by atoms with Gasteiger partial charge in [-0.15, -0.1) is 0 Å². The number of carbonyl (C=O) groups is 3. The van der Waals surface area contributed by atoms with Crippen molar-refractivity contribution in [2.45, 2.75) is 38.7 Å². The van der Waals surface area contributed by atoms with Crippen LogP contribution in [-0.2, 0) is 14.3 Å². The lowest BCUT2D eigenvalue weighted by atomic mass is 10.0. The first-order chi connectivity index (χ1) is 14.4. The number of rotatable bonds is 10. The van der Waals surface area contributed by atoms with Crippen molar-refractivity contribution in [3.8, 4) is 0 Å². The van der Waals surface area contributed by atoms with Gasteiger partial charge in [-0.25, -0.2) is 0 Å². The summed E-state index contributed by atoms with van der Waals surface area (Å²) in [4.78, 5) is 36.1. The largest absolute Gasteiger partial charge is 0.453 e. The number of esters is 1. The molecule has 30 heavy (non-hydrogen) atoms. The van der Waals surface area contributed by atoms with Crippen molar-refractivity contribution in [1.82, 2.24) is 10.6 Å². The van der Waals surface area contributed by atoms with Crippen LogP contribution in [-0.4, -0.2) is 37.0 Å². The summed E-state index contributed by atoms with van der Waals surface area (Å²) in [5.41, 5.74) is 1.63. The van der Waals surface area contributed by atoms with E-state index < -0.39 is 12.1 Å². The molecule has 160 valence electrons. The minimum absolute atomic E-state index is 0.110. The minimum atomic E-state index is -0.871. The number of hydrogen-bond donors (Lipinski definition) is 2. The first-order valence-electron chi connectivity index (χ1n) is 9.92. The molecule has 2 rings (SSSR count). The van der Waals surface area contributed by atoms with Crippen LogP contribution >= 0.6 is 11.6 Å². The van der Waals surface area contributed by atoms with Gasteiger partial charge in [-0.05, 0) is 49.1 Å².